The third-order valence-corrected chi connectivity index (χ3v) is 3.78. The van der Waals surface area contributed by atoms with E-state index in [1.165, 1.54) is 30.1 Å². The molecular formula is C14H11ClN2O3S. The molecule has 0 fully saturated rings. The van der Waals surface area contributed by atoms with Gasteiger partial charge in [-0.2, -0.15) is 0 Å². The largest absolute Gasteiger partial charge is 0.478 e. The Labute approximate surface area is 130 Å². The Kier molecular flexibility index (Phi) is 5.19. The molecule has 0 atom stereocenters. The SMILES string of the molecule is O=C(CSc1cccc(C(=O)O)c1)Nc1cccnc1Cl. The van der Waals surface area contributed by atoms with Gasteiger partial charge in [0, 0.05) is 11.1 Å². The molecule has 0 aliphatic carbocycles. The van der Waals surface area contributed by atoms with E-state index in [0.29, 0.717) is 10.6 Å². The molecule has 1 aromatic heterocycles. The van der Waals surface area contributed by atoms with Gasteiger partial charge in [-0.15, -0.1) is 11.8 Å². The number of nitrogens with zero attached hydrogens (tertiary/aromatic N) is 1. The van der Waals surface area contributed by atoms with E-state index < -0.39 is 5.97 Å². The third kappa shape index (κ3) is 4.47. The number of carboxylic acid groups (broad SMARTS) is 1. The smallest absolute Gasteiger partial charge is 0.335 e. The predicted octanol–water partition coefficient (Wildman–Crippen LogP) is 3.16. The second-order valence-corrected chi connectivity index (χ2v) is 5.42. The molecule has 1 amide bonds. The summed E-state index contributed by atoms with van der Waals surface area (Å²) in [7, 11) is 0. The fourth-order valence-corrected chi connectivity index (χ4v) is 2.45. The Morgan fingerprint density at radius 3 is 2.81 bits per heavy atom. The molecule has 0 aliphatic rings. The van der Waals surface area contributed by atoms with Crippen molar-refractivity contribution in [2.75, 3.05) is 11.1 Å². The molecule has 2 N–H and O–H groups in total. The van der Waals surface area contributed by atoms with Gasteiger partial charge in [-0.05, 0) is 30.3 Å². The molecule has 2 aromatic rings. The first-order valence-corrected chi connectivity index (χ1v) is 7.29. The van der Waals surface area contributed by atoms with Gasteiger partial charge in [0.15, 0.2) is 5.15 Å². The Morgan fingerprint density at radius 2 is 2.10 bits per heavy atom. The molecule has 1 aromatic carbocycles. The van der Waals surface area contributed by atoms with Crippen molar-refractivity contribution in [3.05, 3.63) is 53.3 Å². The summed E-state index contributed by atoms with van der Waals surface area (Å²) in [5, 5.41) is 11.8. The van der Waals surface area contributed by atoms with E-state index in [2.05, 4.69) is 10.3 Å². The number of hydrogen-bond acceptors (Lipinski definition) is 4. The molecule has 0 unspecified atom stereocenters. The van der Waals surface area contributed by atoms with Crippen LogP contribution < -0.4 is 5.32 Å². The summed E-state index contributed by atoms with van der Waals surface area (Å²) >= 11 is 7.09. The molecule has 0 radical (unpaired) electrons. The highest BCUT2D eigenvalue weighted by molar-refractivity contribution is 8.00. The first kappa shape index (κ1) is 15.3. The summed E-state index contributed by atoms with van der Waals surface area (Å²) in [6.45, 7) is 0. The first-order valence-electron chi connectivity index (χ1n) is 5.93. The van der Waals surface area contributed by atoms with Gasteiger partial charge >= 0.3 is 5.97 Å². The molecule has 5 nitrogen and oxygen atoms in total. The van der Waals surface area contributed by atoms with Crippen LogP contribution in [0.15, 0.2) is 47.5 Å². The number of hydrogen-bond donors (Lipinski definition) is 2. The van der Waals surface area contributed by atoms with Crippen LogP contribution >= 0.6 is 23.4 Å². The highest BCUT2D eigenvalue weighted by Crippen LogP contribution is 2.21. The molecule has 21 heavy (non-hydrogen) atoms. The minimum Gasteiger partial charge on any atom is -0.478 e. The molecule has 108 valence electrons. The van der Waals surface area contributed by atoms with Crippen molar-refractivity contribution in [2.45, 2.75) is 4.90 Å². The summed E-state index contributed by atoms with van der Waals surface area (Å²) in [6.07, 6.45) is 1.53. The van der Waals surface area contributed by atoms with Crippen molar-refractivity contribution in [1.29, 1.82) is 0 Å². The number of anilines is 1. The van der Waals surface area contributed by atoms with E-state index in [-0.39, 0.29) is 22.4 Å². The highest BCUT2D eigenvalue weighted by Gasteiger charge is 2.08. The molecule has 0 saturated heterocycles. The molecule has 0 aliphatic heterocycles. The third-order valence-electron chi connectivity index (χ3n) is 2.48. The number of aromatic carboxylic acids is 1. The maximum atomic E-state index is 11.8. The van der Waals surface area contributed by atoms with E-state index in [0.717, 1.165) is 0 Å². The van der Waals surface area contributed by atoms with Gasteiger partial charge < -0.3 is 10.4 Å². The Balaban J connectivity index is 1.94. The van der Waals surface area contributed by atoms with Crippen LogP contribution in [-0.4, -0.2) is 27.7 Å². The number of carbonyl (C=O) groups is 2. The van der Waals surface area contributed by atoms with Crippen molar-refractivity contribution in [3.63, 3.8) is 0 Å². The minimum absolute atomic E-state index is 0.147. The number of halogens is 1. The van der Waals surface area contributed by atoms with Crippen LogP contribution in [0.4, 0.5) is 5.69 Å². The lowest BCUT2D eigenvalue weighted by molar-refractivity contribution is -0.113. The summed E-state index contributed by atoms with van der Waals surface area (Å²) in [5.41, 5.74) is 0.639. The number of thioether (sulfide) groups is 1. The molecule has 1 heterocycles. The number of nitrogens with one attached hydrogen (secondary N) is 1. The van der Waals surface area contributed by atoms with Crippen LogP contribution in [-0.2, 0) is 4.79 Å². The molecular weight excluding hydrogens is 312 g/mol. The average molecular weight is 323 g/mol. The number of carboxylic acids is 1. The van der Waals surface area contributed by atoms with Gasteiger partial charge in [0.2, 0.25) is 5.91 Å². The second kappa shape index (κ2) is 7.10. The van der Waals surface area contributed by atoms with E-state index in [9.17, 15) is 9.59 Å². The maximum Gasteiger partial charge on any atom is 0.335 e. The zero-order valence-corrected chi connectivity index (χ0v) is 12.3. The van der Waals surface area contributed by atoms with Gasteiger partial charge in [0.25, 0.3) is 0 Å². The number of carbonyl (C=O) groups excluding carboxylic acids is 1. The monoisotopic (exact) mass is 322 g/mol. The lowest BCUT2D eigenvalue weighted by Gasteiger charge is -2.06. The number of amides is 1. The zero-order chi connectivity index (χ0) is 15.2. The standard InChI is InChI=1S/C14H11ClN2O3S/c15-13-11(5-2-6-16-13)17-12(18)8-21-10-4-1-3-9(7-10)14(19)20/h1-7H,8H2,(H,17,18)(H,19,20). The Bertz CT molecular complexity index is 679. The fraction of sp³-hybridized carbons (Fsp3) is 0.0714. The number of aromatic nitrogens is 1. The number of rotatable bonds is 5. The van der Waals surface area contributed by atoms with Crippen molar-refractivity contribution < 1.29 is 14.7 Å². The summed E-state index contributed by atoms with van der Waals surface area (Å²) < 4.78 is 0. The normalized spacial score (nSPS) is 10.1. The van der Waals surface area contributed by atoms with Gasteiger partial charge in [0.1, 0.15) is 0 Å². The minimum atomic E-state index is -0.996. The predicted molar refractivity (Wildman–Crippen MR) is 82.0 cm³/mol. The van der Waals surface area contributed by atoms with E-state index in [1.54, 1.807) is 24.3 Å². The fourth-order valence-electron chi connectivity index (χ4n) is 1.53. The highest BCUT2D eigenvalue weighted by atomic mass is 35.5. The zero-order valence-electron chi connectivity index (χ0n) is 10.7. The van der Waals surface area contributed by atoms with Gasteiger partial charge in [-0.25, -0.2) is 9.78 Å². The topological polar surface area (TPSA) is 79.3 Å². The lowest BCUT2D eigenvalue weighted by Crippen LogP contribution is -2.14. The molecule has 0 saturated carbocycles. The van der Waals surface area contributed by atoms with E-state index in [1.807, 2.05) is 0 Å². The van der Waals surface area contributed by atoms with Crippen LogP contribution in [0.5, 0.6) is 0 Å². The van der Waals surface area contributed by atoms with Gasteiger partial charge in [-0.3, -0.25) is 4.79 Å². The molecule has 7 heteroatoms. The van der Waals surface area contributed by atoms with Crippen LogP contribution in [0, 0.1) is 0 Å². The van der Waals surface area contributed by atoms with Crippen molar-refractivity contribution >= 4 is 40.9 Å². The quantitative estimate of drug-likeness (QED) is 0.653. The number of benzene rings is 1. The van der Waals surface area contributed by atoms with Crippen molar-refractivity contribution in [1.82, 2.24) is 4.98 Å². The van der Waals surface area contributed by atoms with Crippen molar-refractivity contribution in [3.8, 4) is 0 Å². The molecule has 2 rings (SSSR count). The van der Waals surface area contributed by atoms with E-state index >= 15 is 0 Å². The summed E-state index contributed by atoms with van der Waals surface area (Å²) in [5.74, 6) is -1.09. The Hall–Kier alpha value is -2.05. The van der Waals surface area contributed by atoms with Crippen LogP contribution in [0.1, 0.15) is 10.4 Å². The molecule has 0 spiro atoms. The van der Waals surface area contributed by atoms with E-state index in [4.69, 9.17) is 16.7 Å². The molecule has 0 bridgehead atoms. The van der Waals surface area contributed by atoms with Crippen LogP contribution in [0.3, 0.4) is 0 Å². The van der Waals surface area contributed by atoms with Crippen LogP contribution in [0.2, 0.25) is 5.15 Å². The summed E-state index contributed by atoms with van der Waals surface area (Å²) in [4.78, 5) is 27.3. The van der Waals surface area contributed by atoms with Gasteiger partial charge in [-0.1, -0.05) is 17.7 Å². The number of pyridine rings is 1. The lowest BCUT2D eigenvalue weighted by atomic mass is 10.2. The summed E-state index contributed by atoms with van der Waals surface area (Å²) in [6, 6.07) is 9.75. The second-order valence-electron chi connectivity index (χ2n) is 4.01. The van der Waals surface area contributed by atoms with Gasteiger partial charge in [0.05, 0.1) is 17.0 Å². The first-order chi connectivity index (χ1) is 10.1. The average Bonchev–Trinajstić information content (AvgIpc) is 2.48. The van der Waals surface area contributed by atoms with Crippen LogP contribution in [0.25, 0.3) is 0 Å². The van der Waals surface area contributed by atoms with Crippen molar-refractivity contribution in [2.24, 2.45) is 0 Å². The Morgan fingerprint density at radius 1 is 1.29 bits per heavy atom. The maximum absolute atomic E-state index is 11.8.